The maximum absolute atomic E-state index is 12.4. The van der Waals surface area contributed by atoms with Crippen LogP contribution in [0.5, 0.6) is 11.5 Å². The van der Waals surface area contributed by atoms with Crippen molar-refractivity contribution in [3.8, 4) is 11.5 Å². The summed E-state index contributed by atoms with van der Waals surface area (Å²) < 4.78 is 10.8. The molecular formula is C18H24ClNO3. The minimum absolute atomic E-state index is 0.0346. The van der Waals surface area contributed by atoms with Crippen molar-refractivity contribution in [2.75, 3.05) is 13.7 Å². The highest BCUT2D eigenvalue weighted by atomic mass is 35.5. The molecule has 0 saturated heterocycles. The highest BCUT2D eigenvalue weighted by molar-refractivity contribution is 6.32. The van der Waals surface area contributed by atoms with Crippen LogP contribution in [0.2, 0.25) is 5.02 Å². The van der Waals surface area contributed by atoms with Crippen molar-refractivity contribution >= 4 is 23.6 Å². The van der Waals surface area contributed by atoms with Gasteiger partial charge in [0.2, 0.25) is 5.91 Å². The molecule has 0 aromatic heterocycles. The summed E-state index contributed by atoms with van der Waals surface area (Å²) in [6.07, 6.45) is 5.57. The number of benzene rings is 1. The van der Waals surface area contributed by atoms with Crippen LogP contribution in [0.4, 0.5) is 0 Å². The van der Waals surface area contributed by atoms with Gasteiger partial charge in [-0.05, 0) is 57.4 Å². The Bertz CT molecular complexity index is 592. The highest BCUT2D eigenvalue weighted by Gasteiger charge is 2.33. The molecule has 5 heteroatoms. The second-order valence-electron chi connectivity index (χ2n) is 5.87. The summed E-state index contributed by atoms with van der Waals surface area (Å²) in [6, 6.07) is 4.20. The lowest BCUT2D eigenvalue weighted by Crippen LogP contribution is -2.37. The van der Waals surface area contributed by atoms with Crippen molar-refractivity contribution in [1.82, 2.24) is 4.90 Å². The van der Waals surface area contributed by atoms with Crippen LogP contribution < -0.4 is 9.47 Å². The predicted molar refractivity (Wildman–Crippen MR) is 93.2 cm³/mol. The van der Waals surface area contributed by atoms with Gasteiger partial charge in [0.1, 0.15) is 0 Å². The van der Waals surface area contributed by atoms with Gasteiger partial charge in [-0.25, -0.2) is 0 Å². The van der Waals surface area contributed by atoms with E-state index in [-0.39, 0.29) is 11.9 Å². The van der Waals surface area contributed by atoms with Gasteiger partial charge in [0.15, 0.2) is 11.5 Å². The number of carbonyl (C=O) groups excluding carboxylic acids is 1. The third-order valence-electron chi connectivity index (χ3n) is 3.71. The van der Waals surface area contributed by atoms with Crippen LogP contribution >= 0.6 is 11.6 Å². The summed E-state index contributed by atoms with van der Waals surface area (Å²) >= 11 is 6.22. The topological polar surface area (TPSA) is 38.8 Å². The molecule has 1 aromatic rings. The van der Waals surface area contributed by atoms with Gasteiger partial charge < -0.3 is 14.4 Å². The van der Waals surface area contributed by atoms with E-state index in [1.807, 2.05) is 31.7 Å². The maximum atomic E-state index is 12.4. The summed E-state index contributed by atoms with van der Waals surface area (Å²) in [5.41, 5.74) is 0.812. The van der Waals surface area contributed by atoms with Crippen LogP contribution in [0.3, 0.4) is 0 Å². The van der Waals surface area contributed by atoms with Crippen LogP contribution in [-0.4, -0.2) is 36.6 Å². The predicted octanol–water partition coefficient (Wildman–Crippen LogP) is 4.16. The minimum Gasteiger partial charge on any atom is -0.491 e. The third-order valence-corrected chi connectivity index (χ3v) is 3.99. The van der Waals surface area contributed by atoms with E-state index < -0.39 is 0 Å². The number of nitrogens with zero attached hydrogens (tertiary/aromatic N) is 1. The van der Waals surface area contributed by atoms with E-state index >= 15 is 0 Å². The van der Waals surface area contributed by atoms with Gasteiger partial charge >= 0.3 is 0 Å². The van der Waals surface area contributed by atoms with Crippen molar-refractivity contribution in [3.63, 3.8) is 0 Å². The number of rotatable bonds is 7. The van der Waals surface area contributed by atoms with Crippen molar-refractivity contribution in [2.24, 2.45) is 0 Å². The number of hydrogen-bond donors (Lipinski definition) is 0. The molecule has 1 fully saturated rings. The number of carbonyl (C=O) groups is 1. The van der Waals surface area contributed by atoms with Crippen LogP contribution in [0.1, 0.15) is 39.2 Å². The summed E-state index contributed by atoms with van der Waals surface area (Å²) in [5, 5.41) is 0.466. The Hall–Kier alpha value is -1.68. The molecule has 0 spiro atoms. The zero-order chi connectivity index (χ0) is 17.0. The van der Waals surface area contributed by atoms with Crippen LogP contribution in [0, 0.1) is 0 Å². The van der Waals surface area contributed by atoms with Crippen LogP contribution in [0.25, 0.3) is 6.08 Å². The summed E-state index contributed by atoms with van der Waals surface area (Å²) in [6.45, 7) is 6.50. The molecule has 1 aliphatic rings. The lowest BCUT2D eigenvalue weighted by molar-refractivity contribution is -0.128. The van der Waals surface area contributed by atoms with E-state index in [4.69, 9.17) is 21.1 Å². The molecule has 126 valence electrons. The van der Waals surface area contributed by atoms with Crippen molar-refractivity contribution < 1.29 is 14.3 Å². The first kappa shape index (κ1) is 17.7. The van der Waals surface area contributed by atoms with E-state index in [0.29, 0.717) is 29.2 Å². The quantitative estimate of drug-likeness (QED) is 0.701. The number of halogens is 1. The zero-order valence-electron chi connectivity index (χ0n) is 14.1. The van der Waals surface area contributed by atoms with E-state index in [9.17, 15) is 4.79 Å². The maximum Gasteiger partial charge on any atom is 0.247 e. The Balaban J connectivity index is 2.19. The molecule has 0 aliphatic heterocycles. The Kier molecular flexibility index (Phi) is 5.94. The minimum atomic E-state index is 0.0346. The molecule has 0 heterocycles. The smallest absolute Gasteiger partial charge is 0.247 e. The van der Waals surface area contributed by atoms with Gasteiger partial charge in [0.05, 0.1) is 18.7 Å². The second-order valence-corrected chi connectivity index (χ2v) is 6.28. The Morgan fingerprint density at radius 1 is 1.43 bits per heavy atom. The molecule has 23 heavy (non-hydrogen) atoms. The lowest BCUT2D eigenvalue weighted by Gasteiger charge is -2.25. The molecule has 1 saturated carbocycles. The molecule has 0 N–H and O–H groups in total. The lowest BCUT2D eigenvalue weighted by atomic mass is 10.1. The molecule has 0 radical (unpaired) electrons. The molecular weight excluding hydrogens is 314 g/mol. The van der Waals surface area contributed by atoms with Gasteiger partial charge in [-0.15, -0.1) is 0 Å². The highest BCUT2D eigenvalue weighted by Crippen LogP contribution is 2.36. The zero-order valence-corrected chi connectivity index (χ0v) is 14.9. The van der Waals surface area contributed by atoms with E-state index in [2.05, 4.69) is 0 Å². The monoisotopic (exact) mass is 337 g/mol. The molecule has 0 unspecified atom stereocenters. The molecule has 0 bridgehead atoms. The average molecular weight is 338 g/mol. The van der Waals surface area contributed by atoms with Gasteiger partial charge in [-0.1, -0.05) is 11.6 Å². The molecule has 2 rings (SSSR count). The number of amides is 1. The fraction of sp³-hybridized carbons (Fsp3) is 0.500. The van der Waals surface area contributed by atoms with Gasteiger partial charge in [0.25, 0.3) is 0 Å². The first-order valence-corrected chi connectivity index (χ1v) is 8.36. The van der Waals surface area contributed by atoms with Gasteiger partial charge in [-0.2, -0.15) is 0 Å². The summed E-state index contributed by atoms with van der Waals surface area (Å²) in [5.74, 6) is 1.13. The summed E-state index contributed by atoms with van der Waals surface area (Å²) in [7, 11) is 1.55. The fourth-order valence-electron chi connectivity index (χ4n) is 2.61. The second kappa shape index (κ2) is 7.73. The fourth-order valence-corrected chi connectivity index (χ4v) is 2.90. The van der Waals surface area contributed by atoms with Crippen molar-refractivity contribution in [1.29, 1.82) is 0 Å². The number of hydrogen-bond acceptors (Lipinski definition) is 3. The average Bonchev–Trinajstić information content (AvgIpc) is 3.30. The van der Waals surface area contributed by atoms with E-state index in [1.165, 1.54) is 0 Å². The molecule has 4 nitrogen and oxygen atoms in total. The van der Waals surface area contributed by atoms with Crippen LogP contribution in [-0.2, 0) is 4.79 Å². The van der Waals surface area contributed by atoms with Crippen LogP contribution in [0.15, 0.2) is 18.2 Å². The number of methoxy groups -OCH3 is 1. The standard InChI is InChI=1S/C18H24ClNO3/c1-5-23-16-11-13(10-15(19)18(16)22-4)6-9-17(21)20(12(2)3)14-7-8-14/h6,9-12,14H,5,7-8H2,1-4H3/b9-6+. The number of ether oxygens (including phenoxy) is 2. The molecule has 1 amide bonds. The third kappa shape index (κ3) is 4.41. The van der Waals surface area contributed by atoms with Crippen molar-refractivity contribution in [3.05, 3.63) is 28.8 Å². The summed E-state index contributed by atoms with van der Waals surface area (Å²) in [4.78, 5) is 14.3. The Morgan fingerprint density at radius 3 is 2.65 bits per heavy atom. The Labute approximate surface area is 143 Å². The Morgan fingerprint density at radius 2 is 2.13 bits per heavy atom. The van der Waals surface area contributed by atoms with Gasteiger partial charge in [-0.3, -0.25) is 4.79 Å². The SMILES string of the molecule is CCOc1cc(/C=C/C(=O)N(C(C)C)C2CC2)cc(Cl)c1OC. The van der Waals surface area contributed by atoms with E-state index in [0.717, 1.165) is 18.4 Å². The molecule has 0 atom stereocenters. The normalized spacial score (nSPS) is 14.3. The largest absolute Gasteiger partial charge is 0.491 e. The molecule has 1 aliphatic carbocycles. The first-order chi connectivity index (χ1) is 11.0. The van der Waals surface area contributed by atoms with Gasteiger partial charge in [0, 0.05) is 18.2 Å². The first-order valence-electron chi connectivity index (χ1n) is 7.98. The molecule has 1 aromatic carbocycles. The van der Waals surface area contributed by atoms with Crippen molar-refractivity contribution in [2.45, 2.75) is 45.7 Å². The van der Waals surface area contributed by atoms with E-state index in [1.54, 1.807) is 25.3 Å².